The van der Waals surface area contributed by atoms with Crippen molar-refractivity contribution in [1.29, 1.82) is 0 Å². The van der Waals surface area contributed by atoms with Crippen molar-refractivity contribution in [3.8, 4) is 0 Å². The molecule has 1 aromatic rings. The summed E-state index contributed by atoms with van der Waals surface area (Å²) in [5.74, 6) is 0. The SMILES string of the molecule is Cc1ccc(C2(N(C)C)CCNCC2)cc1C. The highest BCUT2D eigenvalue weighted by Gasteiger charge is 2.35. The average molecular weight is 232 g/mol. The smallest absolute Gasteiger partial charge is 0.0479 e. The molecule has 1 aromatic carbocycles. The van der Waals surface area contributed by atoms with E-state index in [0.717, 1.165) is 13.1 Å². The maximum absolute atomic E-state index is 3.46. The monoisotopic (exact) mass is 232 g/mol. The highest BCUT2D eigenvalue weighted by atomic mass is 15.2. The molecule has 2 heteroatoms. The molecule has 0 aromatic heterocycles. The van der Waals surface area contributed by atoms with E-state index in [2.05, 4.69) is 56.4 Å². The van der Waals surface area contributed by atoms with Crippen molar-refractivity contribution in [2.75, 3.05) is 27.2 Å². The molecule has 0 unspecified atom stereocenters. The van der Waals surface area contributed by atoms with Crippen LogP contribution in [-0.4, -0.2) is 32.1 Å². The first-order valence-electron chi connectivity index (χ1n) is 6.52. The minimum Gasteiger partial charge on any atom is -0.317 e. The van der Waals surface area contributed by atoms with Crippen LogP contribution in [0, 0.1) is 13.8 Å². The van der Waals surface area contributed by atoms with Crippen molar-refractivity contribution in [3.05, 3.63) is 34.9 Å². The normalized spacial score (nSPS) is 19.6. The van der Waals surface area contributed by atoms with Crippen molar-refractivity contribution < 1.29 is 0 Å². The van der Waals surface area contributed by atoms with Gasteiger partial charge in [-0.25, -0.2) is 0 Å². The van der Waals surface area contributed by atoms with Gasteiger partial charge in [-0.05, 0) is 70.6 Å². The van der Waals surface area contributed by atoms with E-state index in [-0.39, 0.29) is 5.54 Å². The zero-order valence-electron chi connectivity index (χ0n) is 11.5. The third kappa shape index (κ3) is 2.24. The Balaban J connectivity index is 2.41. The van der Waals surface area contributed by atoms with Crippen LogP contribution in [0.25, 0.3) is 0 Å². The lowest BCUT2D eigenvalue weighted by Crippen LogP contribution is -2.49. The molecule has 0 atom stereocenters. The van der Waals surface area contributed by atoms with Crippen molar-refractivity contribution in [2.45, 2.75) is 32.2 Å². The molecular weight excluding hydrogens is 208 g/mol. The highest BCUT2D eigenvalue weighted by molar-refractivity contribution is 5.34. The number of aryl methyl sites for hydroxylation is 2. The minimum absolute atomic E-state index is 0.226. The van der Waals surface area contributed by atoms with Crippen molar-refractivity contribution >= 4 is 0 Å². The predicted octanol–water partition coefficient (Wildman–Crippen LogP) is 2.44. The van der Waals surface area contributed by atoms with Crippen LogP contribution < -0.4 is 5.32 Å². The summed E-state index contributed by atoms with van der Waals surface area (Å²) < 4.78 is 0. The van der Waals surface area contributed by atoms with Gasteiger partial charge in [-0.1, -0.05) is 18.2 Å². The van der Waals surface area contributed by atoms with Gasteiger partial charge in [-0.15, -0.1) is 0 Å². The zero-order valence-corrected chi connectivity index (χ0v) is 11.5. The summed E-state index contributed by atoms with van der Waals surface area (Å²) in [6.07, 6.45) is 2.39. The number of piperidine rings is 1. The molecule has 0 aliphatic carbocycles. The minimum atomic E-state index is 0.226. The fraction of sp³-hybridized carbons (Fsp3) is 0.600. The fourth-order valence-corrected chi connectivity index (χ4v) is 2.87. The largest absolute Gasteiger partial charge is 0.317 e. The van der Waals surface area contributed by atoms with Gasteiger partial charge in [0.15, 0.2) is 0 Å². The topological polar surface area (TPSA) is 15.3 Å². The molecule has 0 amide bonds. The van der Waals surface area contributed by atoms with E-state index in [9.17, 15) is 0 Å². The second kappa shape index (κ2) is 4.79. The Morgan fingerprint density at radius 3 is 2.24 bits per heavy atom. The van der Waals surface area contributed by atoms with Gasteiger partial charge < -0.3 is 5.32 Å². The van der Waals surface area contributed by atoms with Gasteiger partial charge in [-0.3, -0.25) is 4.90 Å². The molecule has 0 saturated carbocycles. The summed E-state index contributed by atoms with van der Waals surface area (Å²) in [6.45, 7) is 6.63. The number of benzene rings is 1. The quantitative estimate of drug-likeness (QED) is 0.842. The van der Waals surface area contributed by atoms with Gasteiger partial charge in [-0.2, -0.15) is 0 Å². The summed E-state index contributed by atoms with van der Waals surface area (Å²) in [5, 5.41) is 3.46. The van der Waals surface area contributed by atoms with E-state index in [1.54, 1.807) is 0 Å². The Labute approximate surface area is 105 Å². The van der Waals surface area contributed by atoms with Crippen LogP contribution in [0.3, 0.4) is 0 Å². The van der Waals surface area contributed by atoms with Crippen molar-refractivity contribution in [3.63, 3.8) is 0 Å². The molecule has 17 heavy (non-hydrogen) atoms. The third-order valence-electron chi connectivity index (χ3n) is 4.33. The van der Waals surface area contributed by atoms with Gasteiger partial charge in [0.2, 0.25) is 0 Å². The predicted molar refractivity (Wildman–Crippen MR) is 73.4 cm³/mol. The maximum Gasteiger partial charge on any atom is 0.0479 e. The molecule has 1 heterocycles. The molecule has 1 aliphatic heterocycles. The van der Waals surface area contributed by atoms with Gasteiger partial charge in [0.1, 0.15) is 0 Å². The summed E-state index contributed by atoms with van der Waals surface area (Å²) in [7, 11) is 4.42. The summed E-state index contributed by atoms with van der Waals surface area (Å²) in [6, 6.07) is 6.95. The number of nitrogens with zero attached hydrogens (tertiary/aromatic N) is 1. The Hall–Kier alpha value is -0.860. The molecular formula is C15H24N2. The molecule has 0 bridgehead atoms. The highest BCUT2D eigenvalue weighted by Crippen LogP contribution is 2.36. The van der Waals surface area contributed by atoms with E-state index in [1.807, 2.05) is 0 Å². The van der Waals surface area contributed by atoms with Gasteiger partial charge >= 0.3 is 0 Å². The molecule has 1 N–H and O–H groups in total. The summed E-state index contributed by atoms with van der Waals surface area (Å²) >= 11 is 0. The number of hydrogen-bond donors (Lipinski definition) is 1. The van der Waals surface area contributed by atoms with Gasteiger partial charge in [0.05, 0.1) is 0 Å². The lowest BCUT2D eigenvalue weighted by atomic mass is 9.79. The first-order valence-corrected chi connectivity index (χ1v) is 6.52. The maximum atomic E-state index is 3.46. The Morgan fingerprint density at radius 1 is 1.06 bits per heavy atom. The van der Waals surface area contributed by atoms with E-state index in [0.29, 0.717) is 0 Å². The van der Waals surface area contributed by atoms with Crippen LogP contribution in [0.5, 0.6) is 0 Å². The van der Waals surface area contributed by atoms with E-state index in [1.165, 1.54) is 29.5 Å². The average Bonchev–Trinajstić information content (AvgIpc) is 2.33. The van der Waals surface area contributed by atoms with Gasteiger partial charge in [0, 0.05) is 5.54 Å². The molecule has 1 fully saturated rings. The second-order valence-corrected chi connectivity index (χ2v) is 5.48. The summed E-state index contributed by atoms with van der Waals surface area (Å²) in [4.78, 5) is 2.40. The lowest BCUT2D eigenvalue weighted by Gasteiger charge is -2.44. The Kier molecular flexibility index (Phi) is 3.55. The fourth-order valence-electron chi connectivity index (χ4n) is 2.87. The molecule has 1 saturated heterocycles. The van der Waals surface area contributed by atoms with Gasteiger partial charge in [0.25, 0.3) is 0 Å². The molecule has 94 valence electrons. The molecule has 2 nitrogen and oxygen atoms in total. The molecule has 2 rings (SSSR count). The zero-order chi connectivity index (χ0) is 12.5. The van der Waals surface area contributed by atoms with E-state index < -0.39 is 0 Å². The lowest BCUT2D eigenvalue weighted by molar-refractivity contribution is 0.107. The van der Waals surface area contributed by atoms with Crippen LogP contribution in [-0.2, 0) is 5.54 Å². The number of rotatable bonds is 2. The van der Waals surface area contributed by atoms with E-state index >= 15 is 0 Å². The van der Waals surface area contributed by atoms with E-state index in [4.69, 9.17) is 0 Å². The number of nitrogens with one attached hydrogen (secondary N) is 1. The number of hydrogen-bond acceptors (Lipinski definition) is 2. The molecule has 0 radical (unpaired) electrons. The third-order valence-corrected chi connectivity index (χ3v) is 4.33. The van der Waals surface area contributed by atoms with Crippen LogP contribution in [0.1, 0.15) is 29.5 Å². The first-order chi connectivity index (χ1) is 8.06. The van der Waals surface area contributed by atoms with Crippen molar-refractivity contribution in [1.82, 2.24) is 10.2 Å². The van der Waals surface area contributed by atoms with Crippen molar-refractivity contribution in [2.24, 2.45) is 0 Å². The Bertz CT molecular complexity index is 390. The van der Waals surface area contributed by atoms with Crippen LogP contribution in [0.15, 0.2) is 18.2 Å². The standard InChI is InChI=1S/C15H24N2/c1-12-5-6-14(11-13(12)2)15(17(3)4)7-9-16-10-8-15/h5-6,11,16H,7-10H2,1-4H3. The molecule has 1 aliphatic rings. The second-order valence-electron chi connectivity index (χ2n) is 5.48. The first kappa shape index (κ1) is 12.6. The molecule has 0 spiro atoms. The van der Waals surface area contributed by atoms with Crippen LogP contribution in [0.2, 0.25) is 0 Å². The Morgan fingerprint density at radius 2 is 1.71 bits per heavy atom. The van der Waals surface area contributed by atoms with Crippen LogP contribution in [0.4, 0.5) is 0 Å². The van der Waals surface area contributed by atoms with Crippen LogP contribution >= 0.6 is 0 Å². The summed E-state index contributed by atoms with van der Waals surface area (Å²) in [5.41, 5.74) is 4.50.